The van der Waals surface area contributed by atoms with Crippen LogP contribution in [0.2, 0.25) is 0 Å². The van der Waals surface area contributed by atoms with E-state index in [1.807, 2.05) is 6.92 Å². The Morgan fingerprint density at radius 2 is 2.10 bits per heavy atom. The maximum absolute atomic E-state index is 11.9. The molecule has 1 fully saturated rings. The van der Waals surface area contributed by atoms with E-state index in [2.05, 4.69) is 38.0 Å². The van der Waals surface area contributed by atoms with Gasteiger partial charge in [0, 0.05) is 22.9 Å². The fourth-order valence-electron chi connectivity index (χ4n) is 2.62. The zero-order valence-electron chi connectivity index (χ0n) is 13.6. The SMILES string of the molecule is Cc1nc(C(C)(C)C)sc1C(C)NCC1CCCS1(=O)=O. The van der Waals surface area contributed by atoms with Gasteiger partial charge in [-0.15, -0.1) is 11.3 Å². The molecule has 21 heavy (non-hydrogen) atoms. The summed E-state index contributed by atoms with van der Waals surface area (Å²) < 4.78 is 23.7. The molecule has 2 heterocycles. The number of sulfone groups is 1. The van der Waals surface area contributed by atoms with Gasteiger partial charge in [0.25, 0.3) is 0 Å². The second-order valence-corrected chi connectivity index (χ2v) is 10.4. The van der Waals surface area contributed by atoms with Crippen molar-refractivity contribution in [3.63, 3.8) is 0 Å². The molecule has 1 aromatic rings. The molecule has 1 aliphatic heterocycles. The van der Waals surface area contributed by atoms with E-state index >= 15 is 0 Å². The molecule has 2 unspecified atom stereocenters. The monoisotopic (exact) mass is 330 g/mol. The van der Waals surface area contributed by atoms with Crippen LogP contribution in [0.5, 0.6) is 0 Å². The Morgan fingerprint density at radius 1 is 1.43 bits per heavy atom. The Hall–Kier alpha value is -0.460. The van der Waals surface area contributed by atoms with Crippen LogP contribution in [0.15, 0.2) is 0 Å². The maximum Gasteiger partial charge on any atom is 0.154 e. The van der Waals surface area contributed by atoms with Gasteiger partial charge in [0.15, 0.2) is 9.84 Å². The molecule has 120 valence electrons. The molecule has 0 bridgehead atoms. The molecule has 2 rings (SSSR count). The summed E-state index contributed by atoms with van der Waals surface area (Å²) in [6, 6.07) is 0.148. The molecular formula is C15H26N2O2S2. The summed E-state index contributed by atoms with van der Waals surface area (Å²) in [5.41, 5.74) is 1.11. The van der Waals surface area contributed by atoms with Gasteiger partial charge in [-0.25, -0.2) is 13.4 Å². The van der Waals surface area contributed by atoms with Gasteiger partial charge in [-0.3, -0.25) is 0 Å². The van der Waals surface area contributed by atoms with Gasteiger partial charge < -0.3 is 5.32 Å². The van der Waals surface area contributed by atoms with Crippen molar-refractivity contribution in [1.82, 2.24) is 10.3 Å². The first-order chi connectivity index (χ1) is 9.61. The van der Waals surface area contributed by atoms with Crippen molar-refractivity contribution in [3.05, 3.63) is 15.6 Å². The van der Waals surface area contributed by atoms with Crippen LogP contribution in [0.25, 0.3) is 0 Å². The number of rotatable bonds is 4. The molecule has 0 radical (unpaired) electrons. The standard InChI is InChI=1S/C15H26N2O2S2/c1-10(16-9-12-7-6-8-21(12,18)19)13-11(2)17-14(20-13)15(3,4)5/h10,12,16H,6-9H2,1-5H3. The Morgan fingerprint density at radius 3 is 2.57 bits per heavy atom. The van der Waals surface area contributed by atoms with Crippen LogP contribution in [-0.2, 0) is 15.3 Å². The molecule has 0 amide bonds. The van der Waals surface area contributed by atoms with Crippen molar-refractivity contribution in [2.75, 3.05) is 12.3 Å². The molecule has 1 N–H and O–H groups in total. The summed E-state index contributed by atoms with van der Waals surface area (Å²) in [7, 11) is -2.87. The zero-order chi connectivity index (χ0) is 15.8. The van der Waals surface area contributed by atoms with Gasteiger partial charge in [0.1, 0.15) is 0 Å². The van der Waals surface area contributed by atoms with Crippen molar-refractivity contribution in [2.24, 2.45) is 0 Å². The predicted molar refractivity (Wildman–Crippen MR) is 88.8 cm³/mol. The molecule has 0 saturated carbocycles. The van der Waals surface area contributed by atoms with Crippen LogP contribution >= 0.6 is 11.3 Å². The second kappa shape index (κ2) is 5.97. The van der Waals surface area contributed by atoms with Gasteiger partial charge >= 0.3 is 0 Å². The fraction of sp³-hybridized carbons (Fsp3) is 0.800. The Balaban J connectivity index is 2.04. The Bertz CT molecular complexity index is 600. The molecule has 0 aromatic carbocycles. The van der Waals surface area contributed by atoms with Gasteiger partial charge in [0.05, 0.1) is 21.7 Å². The fourth-order valence-corrected chi connectivity index (χ4v) is 5.55. The quantitative estimate of drug-likeness (QED) is 0.922. The van der Waals surface area contributed by atoms with Crippen molar-refractivity contribution in [2.45, 2.75) is 64.2 Å². The van der Waals surface area contributed by atoms with Gasteiger partial charge in [-0.1, -0.05) is 20.8 Å². The highest BCUT2D eigenvalue weighted by atomic mass is 32.2. The number of hydrogen-bond acceptors (Lipinski definition) is 5. The Kier molecular flexibility index (Phi) is 4.81. The minimum Gasteiger partial charge on any atom is -0.308 e. The summed E-state index contributed by atoms with van der Waals surface area (Å²) in [6.07, 6.45) is 1.59. The van der Waals surface area contributed by atoms with Crippen molar-refractivity contribution >= 4 is 21.2 Å². The van der Waals surface area contributed by atoms with E-state index in [1.165, 1.54) is 4.88 Å². The smallest absolute Gasteiger partial charge is 0.154 e. The number of thiazole rings is 1. The van der Waals surface area contributed by atoms with E-state index in [-0.39, 0.29) is 16.7 Å². The third-order valence-corrected chi connectivity index (χ3v) is 8.02. The summed E-state index contributed by atoms with van der Waals surface area (Å²) in [5, 5.41) is 4.32. The normalized spacial score (nSPS) is 23.4. The third kappa shape index (κ3) is 3.85. The summed E-state index contributed by atoms with van der Waals surface area (Å²) >= 11 is 1.73. The van der Waals surface area contributed by atoms with Gasteiger partial charge in [-0.05, 0) is 26.7 Å². The van der Waals surface area contributed by atoms with Crippen molar-refractivity contribution in [1.29, 1.82) is 0 Å². The lowest BCUT2D eigenvalue weighted by Crippen LogP contribution is -2.32. The lowest BCUT2D eigenvalue weighted by molar-refractivity contribution is 0.540. The largest absolute Gasteiger partial charge is 0.308 e. The number of nitrogens with zero attached hydrogens (tertiary/aromatic N) is 1. The van der Waals surface area contributed by atoms with E-state index in [0.717, 1.165) is 23.5 Å². The molecule has 6 heteroatoms. The Labute approximate surface area is 132 Å². The minimum absolute atomic E-state index is 0.0577. The first kappa shape index (κ1) is 16.9. The lowest BCUT2D eigenvalue weighted by atomic mass is 9.98. The lowest BCUT2D eigenvalue weighted by Gasteiger charge is -2.16. The first-order valence-electron chi connectivity index (χ1n) is 7.54. The highest BCUT2D eigenvalue weighted by Gasteiger charge is 2.31. The van der Waals surface area contributed by atoms with Crippen molar-refractivity contribution < 1.29 is 8.42 Å². The highest BCUT2D eigenvalue weighted by molar-refractivity contribution is 7.92. The molecule has 1 aliphatic rings. The van der Waals surface area contributed by atoms with E-state index in [9.17, 15) is 8.42 Å². The molecule has 0 spiro atoms. The van der Waals surface area contributed by atoms with Crippen LogP contribution in [0.4, 0.5) is 0 Å². The van der Waals surface area contributed by atoms with Crippen molar-refractivity contribution in [3.8, 4) is 0 Å². The molecule has 4 nitrogen and oxygen atoms in total. The van der Waals surface area contributed by atoms with Crippen LogP contribution in [0.1, 0.15) is 62.2 Å². The number of aromatic nitrogens is 1. The van der Waals surface area contributed by atoms with Crippen LogP contribution in [-0.4, -0.2) is 30.9 Å². The van der Waals surface area contributed by atoms with Crippen LogP contribution < -0.4 is 5.32 Å². The highest BCUT2D eigenvalue weighted by Crippen LogP contribution is 2.32. The van der Waals surface area contributed by atoms with Gasteiger partial charge in [0.2, 0.25) is 0 Å². The summed E-state index contributed by atoms with van der Waals surface area (Å²) in [4.78, 5) is 5.89. The molecule has 2 atom stereocenters. The third-order valence-electron chi connectivity index (χ3n) is 3.98. The van der Waals surface area contributed by atoms with E-state index in [0.29, 0.717) is 12.3 Å². The predicted octanol–water partition coefficient (Wildman–Crippen LogP) is 2.98. The van der Waals surface area contributed by atoms with Crippen LogP contribution in [0.3, 0.4) is 0 Å². The summed E-state index contributed by atoms with van der Waals surface area (Å²) in [6.45, 7) is 11.2. The maximum atomic E-state index is 11.9. The van der Waals surface area contributed by atoms with E-state index in [4.69, 9.17) is 0 Å². The molecule has 1 aromatic heterocycles. The molecule has 0 aliphatic carbocycles. The number of hydrogen-bond donors (Lipinski definition) is 1. The van der Waals surface area contributed by atoms with E-state index in [1.54, 1.807) is 11.3 Å². The number of nitrogens with one attached hydrogen (secondary N) is 1. The first-order valence-corrected chi connectivity index (χ1v) is 10.1. The average Bonchev–Trinajstić information content (AvgIpc) is 2.88. The molecular weight excluding hydrogens is 304 g/mol. The zero-order valence-corrected chi connectivity index (χ0v) is 15.2. The summed E-state index contributed by atoms with van der Waals surface area (Å²) in [5.74, 6) is 0.349. The average molecular weight is 331 g/mol. The second-order valence-electron chi connectivity index (χ2n) is 6.98. The van der Waals surface area contributed by atoms with E-state index < -0.39 is 9.84 Å². The van der Waals surface area contributed by atoms with Crippen LogP contribution in [0, 0.1) is 6.92 Å². The minimum atomic E-state index is -2.87. The molecule has 1 saturated heterocycles. The number of aryl methyl sites for hydroxylation is 1. The topological polar surface area (TPSA) is 59.1 Å². The van der Waals surface area contributed by atoms with Gasteiger partial charge in [-0.2, -0.15) is 0 Å².